The predicted octanol–water partition coefficient (Wildman–Crippen LogP) is 3.27. The fourth-order valence-electron chi connectivity index (χ4n) is 2.91. The highest BCUT2D eigenvalue weighted by molar-refractivity contribution is 5.91. The lowest BCUT2D eigenvalue weighted by molar-refractivity contribution is -0.117. The van der Waals surface area contributed by atoms with Crippen molar-refractivity contribution >= 4 is 11.6 Å². The molecular formula is C17H26N2O. The van der Waals surface area contributed by atoms with Gasteiger partial charge in [-0.2, -0.15) is 0 Å². The van der Waals surface area contributed by atoms with Crippen LogP contribution in [0.3, 0.4) is 0 Å². The molecule has 1 aromatic carbocycles. The van der Waals surface area contributed by atoms with Crippen LogP contribution in [-0.2, 0) is 4.79 Å². The summed E-state index contributed by atoms with van der Waals surface area (Å²) in [5, 5.41) is 6.49. The summed E-state index contributed by atoms with van der Waals surface area (Å²) in [5.74, 6) is 1.21. The van der Waals surface area contributed by atoms with Gasteiger partial charge in [-0.05, 0) is 68.8 Å². The molecule has 2 N–H and O–H groups in total. The molecule has 1 aliphatic heterocycles. The Morgan fingerprint density at radius 2 is 2.25 bits per heavy atom. The van der Waals surface area contributed by atoms with Gasteiger partial charge in [0.2, 0.25) is 5.91 Å². The van der Waals surface area contributed by atoms with Gasteiger partial charge in [0.25, 0.3) is 0 Å². The van der Waals surface area contributed by atoms with Crippen molar-refractivity contribution in [3.05, 3.63) is 29.3 Å². The second-order valence-electron chi connectivity index (χ2n) is 6.08. The number of anilines is 1. The van der Waals surface area contributed by atoms with E-state index in [0.717, 1.165) is 24.3 Å². The van der Waals surface area contributed by atoms with Crippen molar-refractivity contribution in [2.75, 3.05) is 18.4 Å². The summed E-state index contributed by atoms with van der Waals surface area (Å²) >= 11 is 0. The number of amides is 1. The van der Waals surface area contributed by atoms with E-state index in [2.05, 4.69) is 37.5 Å². The van der Waals surface area contributed by atoms with Crippen LogP contribution in [-0.4, -0.2) is 19.0 Å². The van der Waals surface area contributed by atoms with Crippen molar-refractivity contribution in [3.8, 4) is 0 Å². The van der Waals surface area contributed by atoms with Crippen LogP contribution in [0.15, 0.2) is 18.2 Å². The first-order valence-electron chi connectivity index (χ1n) is 7.64. The Bertz CT molecular complexity index is 464. The van der Waals surface area contributed by atoms with Crippen LogP contribution in [0.5, 0.6) is 0 Å². The van der Waals surface area contributed by atoms with Crippen molar-refractivity contribution in [1.82, 2.24) is 5.32 Å². The molecule has 2 unspecified atom stereocenters. The van der Waals surface area contributed by atoms with Gasteiger partial charge in [-0.15, -0.1) is 0 Å². The van der Waals surface area contributed by atoms with E-state index < -0.39 is 0 Å². The second kappa shape index (κ2) is 6.89. The van der Waals surface area contributed by atoms with E-state index >= 15 is 0 Å². The number of hydrogen-bond acceptors (Lipinski definition) is 2. The van der Waals surface area contributed by atoms with E-state index in [1.807, 2.05) is 12.1 Å². The number of hydrogen-bond donors (Lipinski definition) is 2. The molecule has 1 aromatic rings. The normalized spacial score (nSPS) is 20.4. The largest absolute Gasteiger partial charge is 0.326 e. The second-order valence-corrected chi connectivity index (χ2v) is 6.08. The molecule has 3 heteroatoms. The van der Waals surface area contributed by atoms with Crippen molar-refractivity contribution in [2.45, 2.75) is 40.0 Å². The third-order valence-electron chi connectivity index (χ3n) is 4.53. The molecule has 1 amide bonds. The summed E-state index contributed by atoms with van der Waals surface area (Å²) in [6.45, 7) is 8.50. The highest BCUT2D eigenvalue weighted by atomic mass is 16.1. The van der Waals surface area contributed by atoms with E-state index in [9.17, 15) is 4.79 Å². The zero-order chi connectivity index (χ0) is 14.5. The van der Waals surface area contributed by atoms with Gasteiger partial charge in [-0.3, -0.25) is 4.79 Å². The average molecular weight is 274 g/mol. The standard InChI is InChI=1S/C17H26N2O/c1-12-6-4-8-16(14(12)3)19-17(20)10-13(2)15-7-5-9-18-11-15/h4,6,8,13,15,18H,5,7,9-11H2,1-3H3,(H,19,20). The molecule has 0 saturated carbocycles. The fraction of sp³-hybridized carbons (Fsp3) is 0.588. The molecule has 3 nitrogen and oxygen atoms in total. The molecule has 1 aliphatic rings. The third kappa shape index (κ3) is 3.83. The molecule has 2 rings (SSSR count). The van der Waals surface area contributed by atoms with E-state index in [0.29, 0.717) is 18.3 Å². The topological polar surface area (TPSA) is 41.1 Å². The smallest absolute Gasteiger partial charge is 0.224 e. The van der Waals surface area contributed by atoms with Crippen molar-refractivity contribution in [1.29, 1.82) is 0 Å². The Balaban J connectivity index is 1.90. The molecule has 110 valence electrons. The molecule has 0 radical (unpaired) electrons. The summed E-state index contributed by atoms with van der Waals surface area (Å²) < 4.78 is 0. The van der Waals surface area contributed by atoms with Gasteiger partial charge >= 0.3 is 0 Å². The maximum Gasteiger partial charge on any atom is 0.224 e. The Morgan fingerprint density at radius 1 is 1.45 bits per heavy atom. The zero-order valence-electron chi connectivity index (χ0n) is 12.8. The Hall–Kier alpha value is -1.35. The van der Waals surface area contributed by atoms with Crippen molar-refractivity contribution in [2.24, 2.45) is 11.8 Å². The average Bonchev–Trinajstić information content (AvgIpc) is 2.45. The minimum Gasteiger partial charge on any atom is -0.326 e. The van der Waals surface area contributed by atoms with Crippen molar-refractivity contribution < 1.29 is 4.79 Å². The van der Waals surface area contributed by atoms with Gasteiger partial charge in [-0.1, -0.05) is 19.1 Å². The van der Waals surface area contributed by atoms with Crippen LogP contribution < -0.4 is 10.6 Å². The van der Waals surface area contributed by atoms with Gasteiger partial charge in [0.15, 0.2) is 0 Å². The quantitative estimate of drug-likeness (QED) is 0.884. The lowest BCUT2D eigenvalue weighted by Gasteiger charge is -2.28. The maximum absolute atomic E-state index is 12.2. The Morgan fingerprint density at radius 3 is 2.95 bits per heavy atom. The van der Waals surface area contributed by atoms with Gasteiger partial charge in [0.1, 0.15) is 0 Å². The molecule has 0 aromatic heterocycles. The van der Waals surface area contributed by atoms with Gasteiger partial charge < -0.3 is 10.6 Å². The highest BCUT2D eigenvalue weighted by Gasteiger charge is 2.22. The molecule has 1 saturated heterocycles. The zero-order valence-corrected chi connectivity index (χ0v) is 12.8. The van der Waals surface area contributed by atoms with Gasteiger partial charge in [-0.25, -0.2) is 0 Å². The van der Waals surface area contributed by atoms with Crippen LogP contribution >= 0.6 is 0 Å². The Labute approximate surface area is 122 Å². The number of benzene rings is 1. The number of nitrogens with one attached hydrogen (secondary N) is 2. The van der Waals surface area contributed by atoms with Crippen LogP contribution in [0.2, 0.25) is 0 Å². The minimum absolute atomic E-state index is 0.136. The van der Waals surface area contributed by atoms with Crippen LogP contribution in [0.4, 0.5) is 5.69 Å². The fourth-order valence-corrected chi connectivity index (χ4v) is 2.91. The highest BCUT2D eigenvalue weighted by Crippen LogP contribution is 2.24. The summed E-state index contributed by atoms with van der Waals surface area (Å²) in [5.41, 5.74) is 3.32. The maximum atomic E-state index is 12.2. The van der Waals surface area contributed by atoms with Crippen LogP contribution in [0.1, 0.15) is 37.3 Å². The molecule has 0 spiro atoms. The summed E-state index contributed by atoms with van der Waals surface area (Å²) in [4.78, 5) is 12.2. The lowest BCUT2D eigenvalue weighted by Crippen LogP contribution is -2.34. The number of carbonyl (C=O) groups is 1. The van der Waals surface area contributed by atoms with E-state index in [4.69, 9.17) is 0 Å². The number of piperidine rings is 1. The monoisotopic (exact) mass is 274 g/mol. The first-order chi connectivity index (χ1) is 9.58. The first-order valence-corrected chi connectivity index (χ1v) is 7.64. The van der Waals surface area contributed by atoms with Crippen molar-refractivity contribution in [3.63, 3.8) is 0 Å². The predicted molar refractivity (Wildman–Crippen MR) is 83.9 cm³/mol. The van der Waals surface area contributed by atoms with Crippen LogP contribution in [0.25, 0.3) is 0 Å². The first kappa shape index (κ1) is 15.0. The minimum atomic E-state index is 0.136. The molecule has 2 atom stereocenters. The SMILES string of the molecule is Cc1cccc(NC(=O)CC(C)C2CCCNC2)c1C. The van der Waals surface area contributed by atoms with E-state index in [1.54, 1.807) is 0 Å². The molecular weight excluding hydrogens is 248 g/mol. The number of carbonyl (C=O) groups excluding carboxylic acids is 1. The number of rotatable bonds is 4. The Kier molecular flexibility index (Phi) is 5.18. The van der Waals surface area contributed by atoms with Crippen LogP contribution in [0, 0.1) is 25.7 Å². The van der Waals surface area contributed by atoms with E-state index in [1.165, 1.54) is 18.4 Å². The van der Waals surface area contributed by atoms with Gasteiger partial charge in [0, 0.05) is 12.1 Å². The molecule has 0 bridgehead atoms. The van der Waals surface area contributed by atoms with Gasteiger partial charge in [0.05, 0.1) is 0 Å². The molecule has 0 aliphatic carbocycles. The molecule has 1 heterocycles. The molecule has 20 heavy (non-hydrogen) atoms. The van der Waals surface area contributed by atoms with E-state index in [-0.39, 0.29) is 5.91 Å². The number of aryl methyl sites for hydroxylation is 1. The molecule has 1 fully saturated rings. The summed E-state index contributed by atoms with van der Waals surface area (Å²) in [6.07, 6.45) is 3.08. The third-order valence-corrected chi connectivity index (χ3v) is 4.53. The summed E-state index contributed by atoms with van der Waals surface area (Å²) in [7, 11) is 0. The lowest BCUT2D eigenvalue weighted by atomic mass is 9.85. The summed E-state index contributed by atoms with van der Waals surface area (Å²) in [6, 6.07) is 6.04.